The van der Waals surface area contributed by atoms with Crippen LogP contribution in [0.4, 0.5) is 0 Å². The van der Waals surface area contributed by atoms with Crippen molar-refractivity contribution in [3.8, 4) is 0 Å². The lowest BCUT2D eigenvalue weighted by molar-refractivity contribution is 0.160. The zero-order valence-corrected chi connectivity index (χ0v) is 13.5. The van der Waals surface area contributed by atoms with Gasteiger partial charge in [-0.1, -0.05) is 37.3 Å². The number of aliphatic hydroxyl groups is 1. The van der Waals surface area contributed by atoms with Crippen molar-refractivity contribution in [3.63, 3.8) is 0 Å². The van der Waals surface area contributed by atoms with Crippen molar-refractivity contribution in [2.75, 3.05) is 32.8 Å². The molecule has 2 atom stereocenters. The Morgan fingerprint density at radius 3 is 2.76 bits per heavy atom. The second-order valence-electron chi connectivity index (χ2n) is 6.55. The molecule has 1 aromatic rings. The predicted octanol–water partition coefficient (Wildman–Crippen LogP) is 2.62. The SMILES string of the molecule is CCNC(C)(CO)CCCN1CCC(c2ccccc2)C1. The lowest BCUT2D eigenvalue weighted by Gasteiger charge is -2.29. The number of benzene rings is 1. The number of aliphatic hydroxyl groups excluding tert-OH is 1. The minimum atomic E-state index is -0.118. The third-order valence-electron chi connectivity index (χ3n) is 4.70. The number of nitrogens with zero attached hydrogens (tertiary/aromatic N) is 1. The highest BCUT2D eigenvalue weighted by molar-refractivity contribution is 5.20. The maximum absolute atomic E-state index is 9.52. The Kier molecular flexibility index (Phi) is 6.22. The minimum absolute atomic E-state index is 0.118. The van der Waals surface area contributed by atoms with Crippen molar-refractivity contribution in [2.24, 2.45) is 0 Å². The van der Waals surface area contributed by atoms with E-state index < -0.39 is 0 Å². The van der Waals surface area contributed by atoms with E-state index in [1.54, 1.807) is 0 Å². The van der Waals surface area contributed by atoms with Crippen LogP contribution < -0.4 is 5.32 Å². The largest absolute Gasteiger partial charge is 0.394 e. The van der Waals surface area contributed by atoms with E-state index >= 15 is 0 Å². The van der Waals surface area contributed by atoms with Crippen LogP contribution in [0.5, 0.6) is 0 Å². The summed E-state index contributed by atoms with van der Waals surface area (Å²) in [6.45, 7) is 8.87. The van der Waals surface area contributed by atoms with Crippen LogP contribution in [-0.2, 0) is 0 Å². The number of likely N-dealkylation sites (tertiary alicyclic amines) is 1. The number of hydrogen-bond donors (Lipinski definition) is 2. The van der Waals surface area contributed by atoms with Gasteiger partial charge in [0.15, 0.2) is 0 Å². The number of rotatable bonds is 8. The zero-order valence-electron chi connectivity index (χ0n) is 13.5. The molecule has 0 saturated carbocycles. The summed E-state index contributed by atoms with van der Waals surface area (Å²) in [5.74, 6) is 0.698. The van der Waals surface area contributed by atoms with E-state index in [1.807, 2.05) is 0 Å². The molecule has 1 aliphatic rings. The molecule has 0 aromatic heterocycles. The van der Waals surface area contributed by atoms with Crippen LogP contribution in [0.1, 0.15) is 44.6 Å². The van der Waals surface area contributed by atoms with E-state index in [0.717, 1.165) is 25.9 Å². The lowest BCUT2D eigenvalue weighted by Crippen LogP contribution is -2.46. The van der Waals surface area contributed by atoms with Crippen LogP contribution in [0.3, 0.4) is 0 Å². The Balaban J connectivity index is 1.73. The molecule has 0 aliphatic carbocycles. The van der Waals surface area contributed by atoms with Crippen molar-refractivity contribution < 1.29 is 5.11 Å². The highest BCUT2D eigenvalue weighted by Gasteiger charge is 2.25. The highest BCUT2D eigenvalue weighted by atomic mass is 16.3. The number of hydrogen-bond acceptors (Lipinski definition) is 3. The van der Waals surface area contributed by atoms with Crippen LogP contribution >= 0.6 is 0 Å². The van der Waals surface area contributed by atoms with Crippen molar-refractivity contribution in [3.05, 3.63) is 35.9 Å². The predicted molar refractivity (Wildman–Crippen MR) is 88.6 cm³/mol. The second-order valence-corrected chi connectivity index (χ2v) is 6.55. The lowest BCUT2D eigenvalue weighted by atomic mass is 9.96. The summed E-state index contributed by atoms with van der Waals surface area (Å²) in [5, 5.41) is 12.9. The molecule has 0 bridgehead atoms. The summed E-state index contributed by atoms with van der Waals surface area (Å²) in [5.41, 5.74) is 1.36. The van der Waals surface area contributed by atoms with Crippen LogP contribution in [0.2, 0.25) is 0 Å². The Hall–Kier alpha value is -0.900. The molecule has 0 radical (unpaired) electrons. The Labute approximate surface area is 129 Å². The normalized spacial score (nSPS) is 22.3. The summed E-state index contributed by atoms with van der Waals surface area (Å²) in [6, 6.07) is 10.9. The first-order valence-corrected chi connectivity index (χ1v) is 8.30. The molecule has 2 rings (SSSR count). The maximum Gasteiger partial charge on any atom is 0.0610 e. The van der Waals surface area contributed by atoms with Gasteiger partial charge in [-0.15, -0.1) is 0 Å². The minimum Gasteiger partial charge on any atom is -0.394 e. The van der Waals surface area contributed by atoms with E-state index in [9.17, 15) is 5.11 Å². The number of nitrogens with one attached hydrogen (secondary N) is 1. The molecule has 3 heteroatoms. The van der Waals surface area contributed by atoms with Gasteiger partial charge < -0.3 is 15.3 Å². The Morgan fingerprint density at radius 2 is 2.10 bits per heavy atom. The summed E-state index contributed by atoms with van der Waals surface area (Å²) < 4.78 is 0. The first-order chi connectivity index (χ1) is 10.2. The quantitative estimate of drug-likeness (QED) is 0.772. The summed E-state index contributed by atoms with van der Waals surface area (Å²) in [4.78, 5) is 2.57. The summed E-state index contributed by atoms with van der Waals surface area (Å²) >= 11 is 0. The molecule has 118 valence electrons. The summed E-state index contributed by atoms with van der Waals surface area (Å²) in [6.07, 6.45) is 3.45. The van der Waals surface area contributed by atoms with Crippen molar-refractivity contribution in [1.82, 2.24) is 10.2 Å². The first-order valence-electron chi connectivity index (χ1n) is 8.30. The van der Waals surface area contributed by atoms with Crippen LogP contribution in [0.15, 0.2) is 30.3 Å². The van der Waals surface area contributed by atoms with Crippen molar-refractivity contribution in [2.45, 2.75) is 44.6 Å². The van der Waals surface area contributed by atoms with Gasteiger partial charge in [-0.25, -0.2) is 0 Å². The Morgan fingerprint density at radius 1 is 1.33 bits per heavy atom. The van der Waals surface area contributed by atoms with Gasteiger partial charge in [-0.3, -0.25) is 0 Å². The van der Waals surface area contributed by atoms with Gasteiger partial charge in [0.25, 0.3) is 0 Å². The molecule has 2 unspecified atom stereocenters. The average Bonchev–Trinajstić information content (AvgIpc) is 2.97. The molecular weight excluding hydrogens is 260 g/mol. The monoisotopic (exact) mass is 290 g/mol. The fraction of sp³-hybridized carbons (Fsp3) is 0.667. The van der Waals surface area contributed by atoms with E-state index in [-0.39, 0.29) is 12.1 Å². The van der Waals surface area contributed by atoms with Gasteiger partial charge in [0.05, 0.1) is 6.61 Å². The van der Waals surface area contributed by atoms with Gasteiger partial charge in [-0.2, -0.15) is 0 Å². The standard InChI is InChI=1S/C18H30N2O/c1-3-19-18(2,15-21)11-7-12-20-13-10-17(14-20)16-8-5-4-6-9-16/h4-6,8-9,17,19,21H,3,7,10-15H2,1-2H3. The van der Waals surface area contributed by atoms with E-state index in [1.165, 1.54) is 25.1 Å². The molecule has 0 amide bonds. The zero-order chi connectivity index (χ0) is 15.1. The fourth-order valence-corrected chi connectivity index (χ4v) is 3.38. The third kappa shape index (κ3) is 4.80. The highest BCUT2D eigenvalue weighted by Crippen LogP contribution is 2.27. The van der Waals surface area contributed by atoms with Gasteiger partial charge >= 0.3 is 0 Å². The van der Waals surface area contributed by atoms with Crippen molar-refractivity contribution >= 4 is 0 Å². The maximum atomic E-state index is 9.52. The molecule has 2 N–H and O–H groups in total. The smallest absolute Gasteiger partial charge is 0.0610 e. The molecule has 1 aliphatic heterocycles. The second kappa shape index (κ2) is 7.92. The molecule has 21 heavy (non-hydrogen) atoms. The first kappa shape index (κ1) is 16.5. The molecule has 1 aromatic carbocycles. The topological polar surface area (TPSA) is 35.5 Å². The molecule has 1 fully saturated rings. The summed E-state index contributed by atoms with van der Waals surface area (Å²) in [7, 11) is 0. The van der Waals surface area contributed by atoms with Crippen LogP contribution in [0.25, 0.3) is 0 Å². The Bertz CT molecular complexity index is 409. The van der Waals surface area contributed by atoms with Crippen LogP contribution in [0, 0.1) is 0 Å². The number of likely N-dealkylation sites (N-methyl/N-ethyl adjacent to an activating group) is 1. The fourth-order valence-electron chi connectivity index (χ4n) is 3.38. The molecule has 3 nitrogen and oxygen atoms in total. The molecule has 1 heterocycles. The molecule has 1 saturated heterocycles. The van der Waals surface area contributed by atoms with E-state index in [2.05, 4.69) is 54.4 Å². The van der Waals surface area contributed by atoms with Gasteiger partial charge in [-0.05, 0) is 57.3 Å². The van der Waals surface area contributed by atoms with Gasteiger partial charge in [0.1, 0.15) is 0 Å². The third-order valence-corrected chi connectivity index (χ3v) is 4.70. The van der Waals surface area contributed by atoms with Gasteiger partial charge in [0, 0.05) is 12.1 Å². The van der Waals surface area contributed by atoms with E-state index in [0.29, 0.717) is 5.92 Å². The average molecular weight is 290 g/mol. The van der Waals surface area contributed by atoms with Crippen molar-refractivity contribution in [1.29, 1.82) is 0 Å². The van der Waals surface area contributed by atoms with E-state index in [4.69, 9.17) is 0 Å². The molecule has 0 spiro atoms. The molecular formula is C18H30N2O. The van der Waals surface area contributed by atoms with Crippen LogP contribution in [-0.4, -0.2) is 48.3 Å². The van der Waals surface area contributed by atoms with Gasteiger partial charge in [0.2, 0.25) is 0 Å².